The van der Waals surface area contributed by atoms with Crippen molar-refractivity contribution in [3.8, 4) is 0 Å². The summed E-state index contributed by atoms with van der Waals surface area (Å²) < 4.78 is 69.1. The Hall–Kier alpha value is -3.03. The minimum atomic E-state index is -4.96. The Balaban J connectivity index is 0.00000484. The molecule has 4 rings (SSSR count). The minimum Gasteiger partial charge on any atom is -0.744 e. The molecule has 0 saturated carbocycles. The van der Waals surface area contributed by atoms with Crippen molar-refractivity contribution in [2.45, 2.75) is 25.3 Å². The van der Waals surface area contributed by atoms with E-state index in [4.69, 9.17) is 0 Å². The second-order valence-corrected chi connectivity index (χ2v) is 12.0. The summed E-state index contributed by atoms with van der Waals surface area (Å²) in [6.07, 6.45) is 3.43. The predicted molar refractivity (Wildman–Crippen MR) is 158 cm³/mol. The van der Waals surface area contributed by atoms with Crippen LogP contribution in [-0.2, 0) is 31.6 Å². The average molecular weight is 617 g/mol. The SMILES string of the molecule is CCNc1ccc(/C(=C2\C=CC(=O)C=C2S(=O)(=O)[O-])c2ccc(N(CC)Cc3cccc(S(=O)(=O)O)c3)cc2)cc1.[Na+]. The third-order valence-electron chi connectivity index (χ3n) is 6.52. The van der Waals surface area contributed by atoms with E-state index in [1.165, 1.54) is 24.3 Å². The molecule has 3 aromatic rings. The van der Waals surface area contributed by atoms with E-state index in [-0.39, 0.29) is 40.0 Å². The number of hydrogen-bond acceptors (Lipinski definition) is 8. The van der Waals surface area contributed by atoms with Crippen molar-refractivity contribution in [3.05, 3.63) is 118 Å². The number of benzene rings is 3. The normalized spacial score (nSPS) is 14.6. The molecule has 3 aromatic carbocycles. The Labute approximate surface area is 268 Å². The predicted octanol–water partition coefficient (Wildman–Crippen LogP) is 1.77. The smallest absolute Gasteiger partial charge is 0.744 e. The fourth-order valence-electron chi connectivity index (χ4n) is 4.60. The molecule has 0 unspecified atom stereocenters. The Morgan fingerprint density at radius 3 is 2.07 bits per heavy atom. The molecule has 12 heteroatoms. The quantitative estimate of drug-likeness (QED) is 0.257. The molecule has 1 aliphatic rings. The zero-order valence-corrected chi connectivity index (χ0v) is 27.1. The van der Waals surface area contributed by atoms with Gasteiger partial charge in [0.15, 0.2) is 5.78 Å². The van der Waals surface area contributed by atoms with Gasteiger partial charge in [-0.25, -0.2) is 8.42 Å². The molecule has 42 heavy (non-hydrogen) atoms. The molecule has 1 aliphatic carbocycles. The molecule has 0 radical (unpaired) electrons. The first-order chi connectivity index (χ1) is 19.4. The van der Waals surface area contributed by atoms with Crippen LogP contribution in [0.3, 0.4) is 0 Å². The molecule has 0 atom stereocenters. The summed E-state index contributed by atoms with van der Waals surface area (Å²) in [5, 5.41) is 3.20. The molecule has 0 amide bonds. The van der Waals surface area contributed by atoms with Gasteiger partial charge < -0.3 is 14.8 Å². The van der Waals surface area contributed by atoms with Gasteiger partial charge in [-0.3, -0.25) is 9.35 Å². The van der Waals surface area contributed by atoms with Crippen molar-refractivity contribution in [2.24, 2.45) is 0 Å². The van der Waals surface area contributed by atoms with Crippen LogP contribution >= 0.6 is 0 Å². The van der Waals surface area contributed by atoms with Crippen molar-refractivity contribution in [1.82, 2.24) is 0 Å². The Bertz CT molecular complexity index is 1760. The summed E-state index contributed by atoms with van der Waals surface area (Å²) in [7, 11) is -9.29. The van der Waals surface area contributed by atoms with E-state index in [0.29, 0.717) is 35.4 Å². The Morgan fingerprint density at radius 1 is 0.905 bits per heavy atom. The van der Waals surface area contributed by atoms with Crippen LogP contribution in [0.4, 0.5) is 11.4 Å². The van der Waals surface area contributed by atoms with Gasteiger partial charge in [0.25, 0.3) is 10.1 Å². The number of ketones is 1. The largest absolute Gasteiger partial charge is 1.00 e. The van der Waals surface area contributed by atoms with Crippen LogP contribution in [0.1, 0.15) is 30.5 Å². The number of allylic oxidation sites excluding steroid dienone is 4. The second kappa shape index (κ2) is 14.0. The summed E-state index contributed by atoms with van der Waals surface area (Å²) in [5.41, 5.74) is 4.23. The van der Waals surface area contributed by atoms with Crippen molar-refractivity contribution in [1.29, 1.82) is 0 Å². The fraction of sp³-hybridized carbons (Fsp3) is 0.167. The molecule has 0 aromatic heterocycles. The van der Waals surface area contributed by atoms with Gasteiger partial charge in [-0.2, -0.15) is 8.42 Å². The van der Waals surface area contributed by atoms with Gasteiger partial charge in [0.2, 0.25) is 0 Å². The van der Waals surface area contributed by atoms with E-state index in [9.17, 15) is 30.7 Å². The standard InChI is InChI=1S/C30H30N2O7S2.Na/c1-3-31-24-12-8-22(9-13-24)30(28-17-16-26(33)19-29(28)41(37,38)39)23-10-14-25(15-11-23)32(4-2)20-21-6-5-7-27(18-21)40(34,35)36;/h5-19,31H,3-4,20H2,1-2H3,(H,34,35,36)(H,37,38,39);/q;+1/p-1/b30-28-;. The van der Waals surface area contributed by atoms with Crippen LogP contribution in [-0.4, -0.2) is 44.8 Å². The first kappa shape index (κ1) is 33.5. The maximum atomic E-state index is 12.2. The molecule has 0 saturated heterocycles. The molecule has 9 nitrogen and oxygen atoms in total. The first-order valence-electron chi connectivity index (χ1n) is 12.8. The zero-order valence-electron chi connectivity index (χ0n) is 23.4. The third kappa shape index (κ3) is 8.07. The van der Waals surface area contributed by atoms with E-state index in [1.54, 1.807) is 24.3 Å². The number of rotatable bonds is 10. The maximum Gasteiger partial charge on any atom is 1.00 e. The number of hydrogen-bond donors (Lipinski definition) is 2. The van der Waals surface area contributed by atoms with Crippen molar-refractivity contribution >= 4 is 43.0 Å². The van der Waals surface area contributed by atoms with Gasteiger partial charge in [-0.05, 0) is 84.7 Å². The summed E-state index contributed by atoms with van der Waals surface area (Å²) >= 11 is 0. The van der Waals surface area contributed by atoms with Crippen LogP contribution in [0.5, 0.6) is 0 Å². The number of nitrogens with zero attached hydrogens (tertiary/aromatic N) is 1. The Morgan fingerprint density at radius 2 is 1.52 bits per heavy atom. The molecule has 0 spiro atoms. The van der Waals surface area contributed by atoms with E-state index < -0.39 is 30.9 Å². The maximum absolute atomic E-state index is 12.2. The third-order valence-corrected chi connectivity index (χ3v) is 8.24. The van der Waals surface area contributed by atoms with Crippen LogP contribution < -0.4 is 39.8 Å². The monoisotopic (exact) mass is 616 g/mol. The minimum absolute atomic E-state index is 0. The van der Waals surface area contributed by atoms with Crippen molar-refractivity contribution in [3.63, 3.8) is 0 Å². The number of anilines is 2. The van der Waals surface area contributed by atoms with Crippen LogP contribution in [0.25, 0.3) is 5.57 Å². The second-order valence-electron chi connectivity index (χ2n) is 9.28. The van der Waals surface area contributed by atoms with Gasteiger partial charge >= 0.3 is 29.6 Å². The Kier molecular flexibility index (Phi) is 11.1. The molecular weight excluding hydrogens is 587 g/mol. The summed E-state index contributed by atoms with van der Waals surface area (Å²) in [6, 6.07) is 20.7. The molecule has 0 heterocycles. The number of carbonyl (C=O) groups is 1. The number of carbonyl (C=O) groups excluding carboxylic acids is 1. The van der Waals surface area contributed by atoms with Gasteiger partial charge in [-0.1, -0.05) is 36.4 Å². The van der Waals surface area contributed by atoms with E-state index in [0.717, 1.165) is 24.0 Å². The van der Waals surface area contributed by atoms with Crippen LogP contribution in [0.2, 0.25) is 0 Å². The van der Waals surface area contributed by atoms with Gasteiger partial charge in [-0.15, -0.1) is 0 Å². The van der Waals surface area contributed by atoms with Gasteiger partial charge in [0.1, 0.15) is 10.1 Å². The molecule has 0 bridgehead atoms. The first-order valence-corrected chi connectivity index (χ1v) is 15.7. The van der Waals surface area contributed by atoms with E-state index >= 15 is 0 Å². The zero-order chi connectivity index (χ0) is 29.8. The molecule has 0 fully saturated rings. The average Bonchev–Trinajstić information content (AvgIpc) is 2.93. The van der Waals surface area contributed by atoms with Gasteiger partial charge in [0.05, 0.1) is 9.80 Å². The van der Waals surface area contributed by atoms with Crippen LogP contribution in [0, 0.1) is 0 Å². The number of nitrogens with one attached hydrogen (secondary N) is 1. The van der Waals surface area contributed by atoms with E-state index in [1.807, 2.05) is 55.1 Å². The summed E-state index contributed by atoms with van der Waals surface area (Å²) in [4.78, 5) is 13.2. The van der Waals surface area contributed by atoms with Crippen molar-refractivity contribution < 1.29 is 60.3 Å². The molecule has 214 valence electrons. The molecule has 2 N–H and O–H groups in total. The summed E-state index contributed by atoms with van der Waals surface area (Å²) in [5.74, 6) is -0.586. The molecule has 0 aliphatic heterocycles. The molecular formula is C30H29N2NaO7S2. The summed E-state index contributed by atoms with van der Waals surface area (Å²) in [6.45, 7) is 5.58. The van der Waals surface area contributed by atoms with Crippen LogP contribution in [0.15, 0.2) is 106 Å². The van der Waals surface area contributed by atoms with E-state index in [2.05, 4.69) is 5.32 Å². The van der Waals surface area contributed by atoms with Crippen molar-refractivity contribution in [2.75, 3.05) is 23.3 Å². The fourth-order valence-corrected chi connectivity index (χ4v) is 5.85. The van der Waals surface area contributed by atoms with Gasteiger partial charge in [0, 0.05) is 42.7 Å². The topological polar surface area (TPSA) is 144 Å².